The monoisotopic (exact) mass is 388 g/mol. The number of rotatable bonds is 5. The van der Waals surface area contributed by atoms with Gasteiger partial charge in [0.05, 0.1) is 0 Å². The van der Waals surface area contributed by atoms with Gasteiger partial charge in [0, 0.05) is 23.1 Å². The van der Waals surface area contributed by atoms with E-state index in [2.05, 4.69) is 17.3 Å². The number of hydrogen-bond acceptors (Lipinski definition) is 4. The Morgan fingerprint density at radius 3 is 2.70 bits per heavy atom. The summed E-state index contributed by atoms with van der Waals surface area (Å²) in [6.07, 6.45) is 4.51. The minimum atomic E-state index is -0.141. The molecule has 0 unspecified atom stereocenters. The second-order valence-corrected chi connectivity index (χ2v) is 8.07. The maximum atomic E-state index is 12.5. The topological polar surface area (TPSA) is 54.7 Å². The zero-order valence-electron chi connectivity index (χ0n) is 15.7. The van der Waals surface area contributed by atoms with Gasteiger partial charge in [-0.15, -0.1) is 0 Å². The van der Waals surface area contributed by atoms with Crippen LogP contribution in [0.4, 0.5) is 0 Å². The van der Waals surface area contributed by atoms with Crippen LogP contribution >= 0.6 is 11.6 Å². The lowest BCUT2D eigenvalue weighted by Crippen LogP contribution is -2.48. The van der Waals surface area contributed by atoms with Crippen LogP contribution in [0.15, 0.2) is 34.7 Å². The van der Waals surface area contributed by atoms with Gasteiger partial charge in [-0.2, -0.15) is 0 Å². The Morgan fingerprint density at radius 1 is 1.26 bits per heavy atom. The third-order valence-electron chi connectivity index (χ3n) is 5.83. The molecular formula is C21H25ClN2O3. The van der Waals surface area contributed by atoms with Crippen molar-refractivity contribution in [2.75, 3.05) is 7.05 Å². The first-order valence-corrected chi connectivity index (χ1v) is 9.88. The van der Waals surface area contributed by atoms with E-state index in [1.54, 1.807) is 12.1 Å². The maximum absolute atomic E-state index is 12.5. The molecule has 2 saturated heterocycles. The van der Waals surface area contributed by atoms with E-state index in [1.165, 1.54) is 12.8 Å². The molecule has 2 atom stereocenters. The molecule has 27 heavy (non-hydrogen) atoms. The highest BCUT2D eigenvalue weighted by Gasteiger charge is 2.39. The number of aryl methyl sites for hydroxylation is 1. The number of carbonyl (C=O) groups excluding carboxylic acids is 1. The van der Waals surface area contributed by atoms with Crippen LogP contribution in [0, 0.1) is 6.92 Å². The number of piperidine rings is 1. The summed E-state index contributed by atoms with van der Waals surface area (Å²) >= 11 is 6.02. The lowest BCUT2D eigenvalue weighted by molar-refractivity contribution is 0.0851. The number of nitrogens with one attached hydrogen (secondary N) is 1. The van der Waals surface area contributed by atoms with Crippen LogP contribution in [0.3, 0.4) is 0 Å². The predicted octanol–water partition coefficient (Wildman–Crippen LogP) is 4.18. The average molecular weight is 389 g/mol. The van der Waals surface area contributed by atoms with Gasteiger partial charge in [-0.1, -0.05) is 11.6 Å². The highest BCUT2D eigenvalue weighted by Crippen LogP contribution is 2.34. The number of hydrogen-bond donors (Lipinski definition) is 1. The molecule has 1 N–H and O–H groups in total. The Kier molecular flexibility index (Phi) is 5.15. The number of furan rings is 1. The fourth-order valence-corrected chi connectivity index (χ4v) is 4.34. The fraction of sp³-hybridized carbons (Fsp3) is 0.476. The van der Waals surface area contributed by atoms with Crippen LogP contribution in [0.25, 0.3) is 0 Å². The van der Waals surface area contributed by atoms with Gasteiger partial charge in [-0.25, -0.2) is 0 Å². The predicted molar refractivity (Wildman–Crippen MR) is 104 cm³/mol. The van der Waals surface area contributed by atoms with Crippen LogP contribution in [-0.4, -0.2) is 36.0 Å². The Labute approximate surface area is 164 Å². The van der Waals surface area contributed by atoms with Crippen LogP contribution in [-0.2, 0) is 6.61 Å². The van der Waals surface area contributed by atoms with Crippen LogP contribution in [0.1, 0.15) is 47.6 Å². The van der Waals surface area contributed by atoms with E-state index >= 15 is 0 Å². The smallest absolute Gasteiger partial charge is 0.287 e. The highest BCUT2D eigenvalue weighted by molar-refractivity contribution is 6.31. The molecule has 4 rings (SSSR count). The third-order valence-corrected chi connectivity index (χ3v) is 6.25. The molecule has 0 aliphatic carbocycles. The van der Waals surface area contributed by atoms with E-state index in [4.69, 9.17) is 20.8 Å². The molecule has 1 aromatic carbocycles. The van der Waals surface area contributed by atoms with Crippen LogP contribution in [0.5, 0.6) is 5.75 Å². The molecule has 1 amide bonds. The summed E-state index contributed by atoms with van der Waals surface area (Å²) < 4.78 is 11.4. The summed E-state index contributed by atoms with van der Waals surface area (Å²) in [4.78, 5) is 15.0. The van der Waals surface area contributed by atoms with Crippen molar-refractivity contribution >= 4 is 17.5 Å². The van der Waals surface area contributed by atoms with Gasteiger partial charge in [0.25, 0.3) is 5.91 Å². The Hall–Kier alpha value is -1.98. The largest absolute Gasteiger partial charge is 0.486 e. The van der Waals surface area contributed by atoms with Gasteiger partial charge in [0.1, 0.15) is 18.1 Å². The number of carbonyl (C=O) groups is 1. The molecular weight excluding hydrogens is 364 g/mol. The van der Waals surface area contributed by atoms with Gasteiger partial charge in [0.15, 0.2) is 5.76 Å². The van der Waals surface area contributed by atoms with Crippen LogP contribution in [0.2, 0.25) is 5.02 Å². The van der Waals surface area contributed by atoms with E-state index in [0.717, 1.165) is 24.2 Å². The number of fused-ring (bicyclic) bond motifs is 2. The van der Waals surface area contributed by atoms with Crippen molar-refractivity contribution in [2.45, 2.75) is 57.3 Å². The standard InChI is InChI=1S/C21H25ClN2O3/c1-13-9-17(5-7-19(13)22)26-12-18-6-8-20(27-18)21(25)23-14-10-15-3-4-16(11-14)24(15)2/h5-9,14-16H,3-4,10-12H2,1-2H3,(H,23,25)/t15-,16-/m1/s1. The molecule has 0 radical (unpaired) electrons. The van der Waals surface area contributed by atoms with Crippen molar-refractivity contribution in [3.8, 4) is 5.75 Å². The Morgan fingerprint density at radius 2 is 2.00 bits per heavy atom. The number of halogens is 1. The van der Waals surface area contributed by atoms with Gasteiger partial charge < -0.3 is 19.4 Å². The average Bonchev–Trinajstić information content (AvgIpc) is 3.18. The molecule has 0 spiro atoms. The summed E-state index contributed by atoms with van der Waals surface area (Å²) in [6.45, 7) is 2.20. The number of ether oxygens (including phenoxy) is 1. The van der Waals surface area contributed by atoms with E-state index in [9.17, 15) is 4.79 Å². The summed E-state index contributed by atoms with van der Waals surface area (Å²) in [5.41, 5.74) is 0.959. The van der Waals surface area contributed by atoms with Crippen molar-refractivity contribution in [1.82, 2.24) is 10.2 Å². The zero-order valence-corrected chi connectivity index (χ0v) is 16.5. The quantitative estimate of drug-likeness (QED) is 0.835. The van der Waals surface area contributed by atoms with E-state index in [0.29, 0.717) is 28.6 Å². The summed E-state index contributed by atoms with van der Waals surface area (Å²) in [7, 11) is 2.20. The first-order valence-electron chi connectivity index (χ1n) is 9.50. The van der Waals surface area contributed by atoms with Crippen molar-refractivity contribution in [3.63, 3.8) is 0 Å². The fourth-order valence-electron chi connectivity index (χ4n) is 4.22. The van der Waals surface area contributed by atoms with Crippen LogP contribution < -0.4 is 10.1 Å². The molecule has 2 bridgehead atoms. The van der Waals surface area contributed by atoms with Gasteiger partial charge in [0.2, 0.25) is 0 Å². The van der Waals surface area contributed by atoms with Crippen molar-refractivity contribution in [1.29, 1.82) is 0 Å². The first-order chi connectivity index (χ1) is 13.0. The maximum Gasteiger partial charge on any atom is 0.287 e. The van der Waals surface area contributed by atoms with Gasteiger partial charge >= 0.3 is 0 Å². The number of amides is 1. The van der Waals surface area contributed by atoms with Gasteiger partial charge in [-0.05, 0) is 75.5 Å². The molecule has 0 saturated carbocycles. The van der Waals surface area contributed by atoms with Gasteiger partial charge in [-0.3, -0.25) is 4.79 Å². The molecule has 2 fully saturated rings. The Balaban J connectivity index is 1.32. The lowest BCUT2D eigenvalue weighted by Gasteiger charge is -2.36. The second-order valence-electron chi connectivity index (χ2n) is 7.66. The third kappa shape index (κ3) is 3.99. The second kappa shape index (κ2) is 7.56. The molecule has 1 aromatic heterocycles. The molecule has 2 aliphatic rings. The number of benzene rings is 1. The first kappa shape index (κ1) is 18.4. The molecule has 2 aliphatic heterocycles. The minimum absolute atomic E-state index is 0.141. The molecule has 3 heterocycles. The highest BCUT2D eigenvalue weighted by atomic mass is 35.5. The lowest BCUT2D eigenvalue weighted by atomic mass is 9.98. The van der Waals surface area contributed by atoms with E-state index in [-0.39, 0.29) is 18.6 Å². The summed E-state index contributed by atoms with van der Waals surface area (Å²) in [5, 5.41) is 3.85. The van der Waals surface area contributed by atoms with Crippen molar-refractivity contribution in [3.05, 3.63) is 52.4 Å². The SMILES string of the molecule is Cc1cc(OCc2ccc(C(=O)NC3C[C@H]4CC[C@H](C3)N4C)o2)ccc1Cl. The normalized spacial score (nSPS) is 24.8. The van der Waals surface area contributed by atoms with E-state index < -0.39 is 0 Å². The van der Waals surface area contributed by atoms with Crippen molar-refractivity contribution in [2.24, 2.45) is 0 Å². The molecule has 2 aromatic rings. The summed E-state index contributed by atoms with van der Waals surface area (Å²) in [5.74, 6) is 1.54. The summed E-state index contributed by atoms with van der Waals surface area (Å²) in [6, 6.07) is 10.4. The molecule has 6 heteroatoms. The Bertz CT molecular complexity index is 821. The zero-order chi connectivity index (χ0) is 19.0. The van der Waals surface area contributed by atoms with Crippen molar-refractivity contribution < 1.29 is 13.9 Å². The molecule has 5 nitrogen and oxygen atoms in total. The number of nitrogens with zero attached hydrogens (tertiary/aromatic N) is 1. The van der Waals surface area contributed by atoms with E-state index in [1.807, 2.05) is 25.1 Å². The molecule has 144 valence electrons. The minimum Gasteiger partial charge on any atom is -0.486 e.